The monoisotopic (exact) mass is 478 g/mol. The van der Waals surface area contributed by atoms with E-state index in [0.29, 0.717) is 11.0 Å². The minimum Gasteiger partial charge on any atom is -0.344 e. The largest absolute Gasteiger partial charge is 0.344 e. The van der Waals surface area contributed by atoms with Crippen LogP contribution in [0.2, 0.25) is 0 Å². The lowest BCUT2D eigenvalue weighted by molar-refractivity contribution is -0.119. The van der Waals surface area contributed by atoms with Gasteiger partial charge in [-0.05, 0) is 17.2 Å². The molecule has 150 valence electrons. The maximum atomic E-state index is 12.7. The maximum absolute atomic E-state index is 12.7. The number of aromatic amines is 1. The minimum absolute atomic E-state index is 0.0788. The Morgan fingerprint density at radius 2 is 1.53 bits per heavy atom. The van der Waals surface area contributed by atoms with Crippen LogP contribution in [-0.2, 0) is 4.79 Å². The zero-order valence-corrected chi connectivity index (χ0v) is 18.4. The lowest BCUT2D eigenvalue weighted by atomic mass is 9.99. The first kappa shape index (κ1) is 20.4. The van der Waals surface area contributed by atoms with E-state index in [-0.39, 0.29) is 17.7 Å². The van der Waals surface area contributed by atoms with Crippen molar-refractivity contribution in [1.29, 1.82) is 0 Å². The molecule has 0 spiro atoms. The molecular formula is C23H19BrN4OS. The van der Waals surface area contributed by atoms with Crippen LogP contribution in [0.5, 0.6) is 0 Å². The highest BCUT2D eigenvalue weighted by Crippen LogP contribution is 2.27. The quantitative estimate of drug-likeness (QED) is 0.356. The molecule has 0 bridgehead atoms. The van der Waals surface area contributed by atoms with E-state index < -0.39 is 0 Å². The van der Waals surface area contributed by atoms with Crippen LogP contribution in [0.25, 0.3) is 11.4 Å². The van der Waals surface area contributed by atoms with Gasteiger partial charge in [0.2, 0.25) is 11.1 Å². The number of carbonyl (C=O) groups excluding carboxylic acids is 1. The number of thioether (sulfide) groups is 1. The predicted molar refractivity (Wildman–Crippen MR) is 123 cm³/mol. The average Bonchev–Trinajstić information content (AvgIpc) is 3.26. The summed E-state index contributed by atoms with van der Waals surface area (Å²) in [4.78, 5) is 17.2. The summed E-state index contributed by atoms with van der Waals surface area (Å²) in [6.45, 7) is 0. The SMILES string of the molecule is O=C(CSc1n[nH]c(-c2ccccc2Br)n1)NC(c1ccccc1)c1ccccc1. The third-order valence-corrected chi connectivity index (χ3v) is 6.04. The van der Waals surface area contributed by atoms with E-state index in [4.69, 9.17) is 0 Å². The number of H-pyrrole nitrogens is 1. The lowest BCUT2D eigenvalue weighted by Crippen LogP contribution is -2.30. The van der Waals surface area contributed by atoms with Gasteiger partial charge in [-0.1, -0.05) is 107 Å². The molecule has 0 saturated carbocycles. The molecule has 7 heteroatoms. The molecule has 0 aliphatic heterocycles. The van der Waals surface area contributed by atoms with Gasteiger partial charge in [-0.25, -0.2) is 4.98 Å². The van der Waals surface area contributed by atoms with Gasteiger partial charge in [0.15, 0.2) is 5.82 Å². The van der Waals surface area contributed by atoms with Crippen molar-refractivity contribution in [3.8, 4) is 11.4 Å². The van der Waals surface area contributed by atoms with E-state index in [1.165, 1.54) is 11.8 Å². The number of aromatic nitrogens is 3. The fraction of sp³-hybridized carbons (Fsp3) is 0.0870. The first-order valence-electron chi connectivity index (χ1n) is 9.40. The zero-order valence-electron chi connectivity index (χ0n) is 16.0. The number of benzene rings is 3. The summed E-state index contributed by atoms with van der Waals surface area (Å²) in [6, 6.07) is 27.5. The van der Waals surface area contributed by atoms with Crippen molar-refractivity contribution in [2.75, 3.05) is 5.75 Å². The minimum atomic E-state index is -0.205. The summed E-state index contributed by atoms with van der Waals surface area (Å²) in [6.07, 6.45) is 0. The van der Waals surface area contributed by atoms with Crippen LogP contribution >= 0.6 is 27.7 Å². The van der Waals surface area contributed by atoms with E-state index >= 15 is 0 Å². The van der Waals surface area contributed by atoms with Gasteiger partial charge in [0.1, 0.15) is 0 Å². The molecule has 2 N–H and O–H groups in total. The van der Waals surface area contributed by atoms with Crippen molar-refractivity contribution >= 4 is 33.6 Å². The van der Waals surface area contributed by atoms with Crippen LogP contribution in [0.3, 0.4) is 0 Å². The van der Waals surface area contributed by atoms with Gasteiger partial charge < -0.3 is 5.32 Å². The smallest absolute Gasteiger partial charge is 0.231 e. The summed E-state index contributed by atoms with van der Waals surface area (Å²) in [7, 11) is 0. The van der Waals surface area contributed by atoms with E-state index in [1.807, 2.05) is 84.9 Å². The Labute approximate surface area is 187 Å². The van der Waals surface area contributed by atoms with Crippen LogP contribution in [0.1, 0.15) is 17.2 Å². The van der Waals surface area contributed by atoms with E-state index in [2.05, 4.69) is 36.4 Å². The van der Waals surface area contributed by atoms with Crippen LogP contribution in [-0.4, -0.2) is 26.8 Å². The molecule has 0 unspecified atom stereocenters. The van der Waals surface area contributed by atoms with Crippen molar-refractivity contribution in [3.05, 3.63) is 101 Å². The molecule has 1 heterocycles. The zero-order chi connectivity index (χ0) is 20.8. The standard InChI is InChI=1S/C23H19BrN4OS/c24-19-14-8-7-13-18(19)22-26-23(28-27-22)30-15-20(29)25-21(16-9-3-1-4-10-16)17-11-5-2-6-12-17/h1-14,21H,15H2,(H,25,29)(H,26,27,28). The third-order valence-electron chi connectivity index (χ3n) is 4.50. The molecule has 0 fully saturated rings. The maximum Gasteiger partial charge on any atom is 0.231 e. The van der Waals surface area contributed by atoms with Crippen molar-refractivity contribution in [3.63, 3.8) is 0 Å². The van der Waals surface area contributed by atoms with Gasteiger partial charge >= 0.3 is 0 Å². The number of nitrogens with one attached hydrogen (secondary N) is 2. The van der Waals surface area contributed by atoms with Gasteiger partial charge in [0.25, 0.3) is 0 Å². The summed E-state index contributed by atoms with van der Waals surface area (Å²) in [5.41, 5.74) is 3.00. The fourth-order valence-electron chi connectivity index (χ4n) is 3.07. The summed E-state index contributed by atoms with van der Waals surface area (Å²) in [5.74, 6) is 0.811. The van der Waals surface area contributed by atoms with Crippen LogP contribution in [0, 0.1) is 0 Å². The highest BCUT2D eigenvalue weighted by atomic mass is 79.9. The molecule has 1 aromatic heterocycles. The lowest BCUT2D eigenvalue weighted by Gasteiger charge is -2.19. The number of hydrogen-bond acceptors (Lipinski definition) is 4. The second kappa shape index (κ2) is 9.73. The van der Waals surface area contributed by atoms with Crippen LogP contribution < -0.4 is 5.32 Å². The van der Waals surface area contributed by atoms with Gasteiger partial charge in [-0.3, -0.25) is 9.89 Å². The topological polar surface area (TPSA) is 70.7 Å². The van der Waals surface area contributed by atoms with E-state index in [0.717, 1.165) is 21.2 Å². The van der Waals surface area contributed by atoms with E-state index in [9.17, 15) is 4.79 Å². The Hall–Kier alpha value is -2.90. The number of halogens is 1. The van der Waals surface area contributed by atoms with Gasteiger partial charge in [-0.2, -0.15) is 0 Å². The Bertz CT molecular complexity index is 1080. The molecule has 0 atom stereocenters. The highest BCUT2D eigenvalue weighted by molar-refractivity contribution is 9.10. The molecule has 0 radical (unpaired) electrons. The number of carbonyl (C=O) groups is 1. The molecular weight excluding hydrogens is 460 g/mol. The Morgan fingerprint density at radius 3 is 2.17 bits per heavy atom. The molecule has 30 heavy (non-hydrogen) atoms. The number of hydrogen-bond donors (Lipinski definition) is 2. The molecule has 0 aliphatic carbocycles. The second-order valence-corrected chi connectivity index (χ2v) is 8.35. The Morgan fingerprint density at radius 1 is 0.933 bits per heavy atom. The molecule has 5 nitrogen and oxygen atoms in total. The van der Waals surface area contributed by atoms with E-state index in [1.54, 1.807) is 0 Å². The summed E-state index contributed by atoms with van der Waals surface area (Å²) < 4.78 is 0.934. The molecule has 0 saturated heterocycles. The molecule has 0 aliphatic rings. The predicted octanol–water partition coefficient (Wildman–Crippen LogP) is 5.23. The molecule has 1 amide bonds. The number of amides is 1. The second-order valence-electron chi connectivity index (χ2n) is 6.56. The first-order valence-corrected chi connectivity index (χ1v) is 11.2. The van der Waals surface area contributed by atoms with Crippen molar-refractivity contribution in [1.82, 2.24) is 20.5 Å². The first-order chi connectivity index (χ1) is 14.7. The fourth-order valence-corrected chi connectivity index (χ4v) is 4.15. The van der Waals surface area contributed by atoms with Crippen LogP contribution in [0.4, 0.5) is 0 Å². The third kappa shape index (κ3) is 4.98. The molecule has 3 aromatic carbocycles. The Balaban J connectivity index is 1.43. The Kier molecular flexibility index (Phi) is 6.61. The van der Waals surface area contributed by atoms with Gasteiger partial charge in [0.05, 0.1) is 11.8 Å². The summed E-state index contributed by atoms with van der Waals surface area (Å²) in [5, 5.41) is 10.8. The molecule has 4 rings (SSSR count). The summed E-state index contributed by atoms with van der Waals surface area (Å²) >= 11 is 4.82. The number of rotatable bonds is 7. The van der Waals surface area contributed by atoms with Gasteiger partial charge in [-0.15, -0.1) is 5.10 Å². The highest BCUT2D eigenvalue weighted by Gasteiger charge is 2.17. The number of nitrogens with zero attached hydrogens (tertiary/aromatic N) is 2. The van der Waals surface area contributed by atoms with Crippen LogP contribution in [0.15, 0.2) is 94.6 Å². The van der Waals surface area contributed by atoms with Crippen molar-refractivity contribution < 1.29 is 4.79 Å². The van der Waals surface area contributed by atoms with Crippen molar-refractivity contribution in [2.24, 2.45) is 0 Å². The van der Waals surface area contributed by atoms with Crippen molar-refractivity contribution in [2.45, 2.75) is 11.2 Å². The van der Waals surface area contributed by atoms with Gasteiger partial charge in [0, 0.05) is 10.0 Å². The normalized spacial score (nSPS) is 10.9. The molecule has 4 aromatic rings. The average molecular weight is 479 g/mol.